The maximum Gasteiger partial charge on any atom is 0.262 e. The Bertz CT molecular complexity index is 820. The molecule has 0 saturated heterocycles. The number of anilines is 1. The first kappa shape index (κ1) is 17.1. The van der Waals surface area contributed by atoms with Crippen molar-refractivity contribution in [3.05, 3.63) is 58.9 Å². The number of hydrogen-bond acceptors (Lipinski definition) is 4. The predicted molar refractivity (Wildman–Crippen MR) is 92.4 cm³/mol. The summed E-state index contributed by atoms with van der Waals surface area (Å²) in [6, 6.07) is 9.97. The Morgan fingerprint density at radius 3 is 2.92 bits per heavy atom. The molecule has 3 rings (SSSR count). The van der Waals surface area contributed by atoms with Crippen LogP contribution in [0.3, 0.4) is 0 Å². The molecule has 130 valence electrons. The number of Topliss-reactive ketones (excluding diaryl/α,β-unsaturated/α-hetero) is 1. The van der Waals surface area contributed by atoms with Crippen molar-refractivity contribution in [2.75, 3.05) is 18.5 Å². The lowest BCUT2D eigenvalue weighted by Gasteiger charge is -2.19. The van der Waals surface area contributed by atoms with Crippen LogP contribution < -0.4 is 15.4 Å². The highest BCUT2D eigenvalue weighted by atomic mass is 19.1. The molecule has 0 unspecified atom stereocenters. The molecule has 1 aliphatic rings. The second-order valence-electron chi connectivity index (χ2n) is 5.91. The number of carbonyl (C=O) groups is 2. The molecule has 0 atom stereocenters. The third kappa shape index (κ3) is 4.03. The molecule has 0 saturated carbocycles. The molecule has 6 heteroatoms. The summed E-state index contributed by atoms with van der Waals surface area (Å²) in [5, 5.41) is 5.72. The molecule has 2 aromatic rings. The fourth-order valence-electron chi connectivity index (χ4n) is 2.77. The number of ether oxygens (including phenoxy) is 1. The van der Waals surface area contributed by atoms with Crippen LogP contribution in [0.15, 0.2) is 36.4 Å². The van der Waals surface area contributed by atoms with Gasteiger partial charge in [-0.25, -0.2) is 4.39 Å². The molecular weight excluding hydrogens is 323 g/mol. The monoisotopic (exact) mass is 342 g/mol. The second kappa shape index (κ2) is 7.44. The van der Waals surface area contributed by atoms with Gasteiger partial charge >= 0.3 is 0 Å². The SMILES string of the molecule is CC(=O)c1cccc(OCC(=O)Nc2ccc3c(c2F)CCNC3)c1. The van der Waals surface area contributed by atoms with E-state index in [0.717, 1.165) is 12.1 Å². The fraction of sp³-hybridized carbons (Fsp3) is 0.263. The van der Waals surface area contributed by atoms with Crippen LogP contribution in [0.5, 0.6) is 5.75 Å². The number of benzene rings is 2. The van der Waals surface area contributed by atoms with Gasteiger partial charge in [0.2, 0.25) is 0 Å². The van der Waals surface area contributed by atoms with E-state index >= 15 is 0 Å². The summed E-state index contributed by atoms with van der Waals surface area (Å²) < 4.78 is 19.9. The zero-order valence-electron chi connectivity index (χ0n) is 13.9. The van der Waals surface area contributed by atoms with Gasteiger partial charge in [-0.05, 0) is 49.2 Å². The molecule has 25 heavy (non-hydrogen) atoms. The average Bonchev–Trinajstić information content (AvgIpc) is 2.63. The van der Waals surface area contributed by atoms with Gasteiger partial charge in [0.15, 0.2) is 12.4 Å². The number of fused-ring (bicyclic) bond motifs is 1. The third-order valence-corrected chi connectivity index (χ3v) is 4.09. The van der Waals surface area contributed by atoms with Crippen molar-refractivity contribution < 1.29 is 18.7 Å². The largest absolute Gasteiger partial charge is 0.484 e. The normalized spacial score (nSPS) is 13.0. The molecule has 0 aliphatic carbocycles. The van der Waals surface area contributed by atoms with E-state index in [4.69, 9.17) is 4.74 Å². The van der Waals surface area contributed by atoms with Crippen molar-refractivity contribution >= 4 is 17.4 Å². The lowest BCUT2D eigenvalue weighted by Crippen LogP contribution is -2.26. The van der Waals surface area contributed by atoms with Crippen LogP contribution in [0.1, 0.15) is 28.4 Å². The van der Waals surface area contributed by atoms with E-state index in [-0.39, 0.29) is 23.9 Å². The summed E-state index contributed by atoms with van der Waals surface area (Å²) in [7, 11) is 0. The van der Waals surface area contributed by atoms with E-state index in [1.165, 1.54) is 6.92 Å². The maximum atomic E-state index is 14.5. The third-order valence-electron chi connectivity index (χ3n) is 4.09. The van der Waals surface area contributed by atoms with Crippen molar-refractivity contribution in [2.45, 2.75) is 19.9 Å². The van der Waals surface area contributed by atoms with Crippen LogP contribution in [-0.2, 0) is 17.8 Å². The van der Waals surface area contributed by atoms with Crippen molar-refractivity contribution in [1.82, 2.24) is 5.32 Å². The van der Waals surface area contributed by atoms with E-state index in [0.29, 0.717) is 29.8 Å². The molecule has 0 aromatic heterocycles. The molecule has 0 spiro atoms. The van der Waals surface area contributed by atoms with Gasteiger partial charge in [-0.15, -0.1) is 0 Å². The van der Waals surface area contributed by atoms with Crippen LogP contribution in [0.2, 0.25) is 0 Å². The van der Waals surface area contributed by atoms with Crippen molar-refractivity contribution in [3.63, 3.8) is 0 Å². The molecular formula is C19H19FN2O3. The Labute approximate surface area is 145 Å². The summed E-state index contributed by atoms with van der Waals surface area (Å²) in [6.45, 7) is 2.55. The van der Waals surface area contributed by atoms with Gasteiger partial charge in [-0.2, -0.15) is 0 Å². The van der Waals surface area contributed by atoms with Crippen molar-refractivity contribution in [2.24, 2.45) is 0 Å². The number of amides is 1. The van der Waals surface area contributed by atoms with Crippen molar-refractivity contribution in [1.29, 1.82) is 0 Å². The summed E-state index contributed by atoms with van der Waals surface area (Å²) in [5.74, 6) is -0.507. The molecule has 0 bridgehead atoms. The number of halogens is 1. The van der Waals surface area contributed by atoms with Gasteiger partial charge in [0.25, 0.3) is 5.91 Å². The minimum Gasteiger partial charge on any atom is -0.484 e. The molecule has 0 radical (unpaired) electrons. The number of carbonyl (C=O) groups excluding carboxylic acids is 2. The highest BCUT2D eigenvalue weighted by Gasteiger charge is 2.17. The van der Waals surface area contributed by atoms with Gasteiger partial charge in [-0.3, -0.25) is 9.59 Å². The predicted octanol–water partition coefficient (Wildman–Crippen LogP) is 2.69. The van der Waals surface area contributed by atoms with Gasteiger partial charge in [0, 0.05) is 12.1 Å². The van der Waals surface area contributed by atoms with E-state index in [9.17, 15) is 14.0 Å². The maximum absolute atomic E-state index is 14.5. The van der Waals surface area contributed by atoms with Gasteiger partial charge in [0.05, 0.1) is 5.69 Å². The number of nitrogens with one attached hydrogen (secondary N) is 2. The Hall–Kier alpha value is -2.73. The summed E-state index contributed by atoms with van der Waals surface area (Å²) in [4.78, 5) is 23.4. The Morgan fingerprint density at radius 2 is 2.12 bits per heavy atom. The molecule has 2 aromatic carbocycles. The fourth-order valence-corrected chi connectivity index (χ4v) is 2.77. The zero-order valence-corrected chi connectivity index (χ0v) is 13.9. The second-order valence-corrected chi connectivity index (χ2v) is 5.91. The van der Waals surface area contributed by atoms with Crippen LogP contribution >= 0.6 is 0 Å². The van der Waals surface area contributed by atoms with Crippen LogP contribution in [-0.4, -0.2) is 24.8 Å². The lowest BCUT2D eigenvalue weighted by molar-refractivity contribution is -0.118. The molecule has 1 amide bonds. The Balaban J connectivity index is 1.63. The highest BCUT2D eigenvalue weighted by molar-refractivity contribution is 5.94. The molecule has 1 heterocycles. The first-order valence-corrected chi connectivity index (χ1v) is 8.09. The molecule has 1 aliphatic heterocycles. The van der Waals surface area contributed by atoms with Crippen LogP contribution in [0, 0.1) is 5.82 Å². The van der Waals surface area contributed by atoms with Crippen LogP contribution in [0.4, 0.5) is 10.1 Å². The van der Waals surface area contributed by atoms with E-state index < -0.39 is 5.91 Å². The van der Waals surface area contributed by atoms with Gasteiger partial charge in [-0.1, -0.05) is 18.2 Å². The number of ketones is 1. The number of hydrogen-bond donors (Lipinski definition) is 2. The number of rotatable bonds is 5. The minimum atomic E-state index is -0.457. The Kier molecular flexibility index (Phi) is 5.09. The Morgan fingerprint density at radius 1 is 1.28 bits per heavy atom. The van der Waals surface area contributed by atoms with Crippen molar-refractivity contribution in [3.8, 4) is 5.75 Å². The quantitative estimate of drug-likeness (QED) is 0.820. The van der Waals surface area contributed by atoms with E-state index in [1.54, 1.807) is 30.3 Å². The van der Waals surface area contributed by atoms with Crippen LogP contribution in [0.25, 0.3) is 0 Å². The zero-order chi connectivity index (χ0) is 17.8. The first-order chi connectivity index (χ1) is 12.0. The average molecular weight is 342 g/mol. The molecule has 2 N–H and O–H groups in total. The lowest BCUT2D eigenvalue weighted by atomic mass is 9.99. The van der Waals surface area contributed by atoms with E-state index in [2.05, 4.69) is 10.6 Å². The first-order valence-electron chi connectivity index (χ1n) is 8.09. The molecule has 5 nitrogen and oxygen atoms in total. The highest BCUT2D eigenvalue weighted by Crippen LogP contribution is 2.24. The topological polar surface area (TPSA) is 67.4 Å². The standard InChI is InChI=1S/C19H19FN2O3/c1-12(23)13-3-2-4-15(9-13)25-11-18(24)22-17-6-5-14-10-21-8-7-16(14)19(17)20/h2-6,9,21H,7-8,10-11H2,1H3,(H,22,24). The molecule has 0 fully saturated rings. The minimum absolute atomic E-state index is 0.0829. The van der Waals surface area contributed by atoms with Gasteiger partial charge < -0.3 is 15.4 Å². The van der Waals surface area contributed by atoms with Gasteiger partial charge in [0.1, 0.15) is 11.6 Å². The summed E-state index contributed by atoms with van der Waals surface area (Å²) in [5.41, 5.74) is 2.23. The summed E-state index contributed by atoms with van der Waals surface area (Å²) >= 11 is 0. The summed E-state index contributed by atoms with van der Waals surface area (Å²) in [6.07, 6.45) is 0.596. The van der Waals surface area contributed by atoms with E-state index in [1.807, 2.05) is 6.07 Å². The smallest absolute Gasteiger partial charge is 0.262 e.